The number of nitrogens with zero attached hydrogens (tertiary/aromatic N) is 1. The van der Waals surface area contributed by atoms with Crippen molar-refractivity contribution in [2.24, 2.45) is 0 Å². The second-order valence-corrected chi connectivity index (χ2v) is 4.90. The number of carbonyl (C=O) groups excluding carboxylic acids is 1. The minimum atomic E-state index is -0.441. The molecule has 0 aromatic carbocycles. The molecule has 1 rings (SSSR count). The van der Waals surface area contributed by atoms with Crippen molar-refractivity contribution in [1.29, 1.82) is 0 Å². The Kier molecular flexibility index (Phi) is 4.05. The molecule has 90 valence electrons. The topological polar surface area (TPSA) is 38.8 Å². The average molecular weight is 225 g/mol. The summed E-state index contributed by atoms with van der Waals surface area (Å²) in [5, 5.41) is 0. The highest BCUT2D eigenvalue weighted by Crippen LogP contribution is 2.16. The fourth-order valence-corrected chi connectivity index (χ4v) is 1.58. The number of hydrogen-bond acceptors (Lipinski definition) is 3. The van der Waals surface area contributed by atoms with Gasteiger partial charge in [-0.3, -0.25) is 0 Å². The van der Waals surface area contributed by atoms with E-state index in [-0.39, 0.29) is 12.2 Å². The van der Waals surface area contributed by atoms with Gasteiger partial charge in [-0.05, 0) is 20.8 Å². The Morgan fingerprint density at radius 3 is 2.38 bits per heavy atom. The Balaban J connectivity index is 2.37. The lowest BCUT2D eigenvalue weighted by Crippen LogP contribution is -2.43. The van der Waals surface area contributed by atoms with Crippen molar-refractivity contribution in [2.45, 2.75) is 45.3 Å². The second kappa shape index (κ2) is 5.11. The third-order valence-corrected chi connectivity index (χ3v) is 2.33. The Labute approximate surface area is 96.9 Å². The molecule has 0 spiro atoms. The maximum absolute atomic E-state index is 11.7. The Morgan fingerprint density at radius 1 is 1.38 bits per heavy atom. The maximum Gasteiger partial charge on any atom is 0.410 e. The van der Waals surface area contributed by atoms with Crippen molar-refractivity contribution in [3.05, 3.63) is 0 Å². The first-order chi connectivity index (χ1) is 7.42. The number of likely N-dealkylation sites (tertiary alicyclic amines) is 1. The monoisotopic (exact) mass is 225 g/mol. The van der Waals surface area contributed by atoms with Crippen molar-refractivity contribution >= 4 is 6.09 Å². The van der Waals surface area contributed by atoms with E-state index in [1.54, 1.807) is 4.90 Å². The number of ether oxygens (including phenoxy) is 2. The number of amides is 1. The van der Waals surface area contributed by atoms with Crippen LogP contribution in [0.5, 0.6) is 0 Å². The van der Waals surface area contributed by atoms with Crippen molar-refractivity contribution < 1.29 is 14.3 Å². The number of piperidine rings is 1. The zero-order valence-corrected chi connectivity index (χ0v) is 10.2. The highest BCUT2D eigenvalue weighted by atomic mass is 16.6. The lowest BCUT2D eigenvalue weighted by Gasteiger charge is -2.32. The predicted octanol–water partition coefficient (Wildman–Crippen LogP) is 1.99. The van der Waals surface area contributed by atoms with Gasteiger partial charge in [0.1, 0.15) is 17.8 Å². The molecule has 1 fully saturated rings. The molecule has 1 heterocycles. The summed E-state index contributed by atoms with van der Waals surface area (Å²) in [5.74, 6) is 0. The highest BCUT2D eigenvalue weighted by Gasteiger charge is 2.27. The minimum absolute atomic E-state index is 0.0729. The molecule has 0 aliphatic carbocycles. The first-order valence-corrected chi connectivity index (χ1v) is 5.51. The van der Waals surface area contributed by atoms with Crippen LogP contribution in [0.2, 0.25) is 0 Å². The summed E-state index contributed by atoms with van der Waals surface area (Å²) in [6.45, 7) is 6.86. The molecule has 0 aromatic heterocycles. The van der Waals surface area contributed by atoms with Crippen molar-refractivity contribution in [1.82, 2.24) is 4.90 Å². The minimum Gasteiger partial charge on any atom is -0.444 e. The van der Waals surface area contributed by atoms with Gasteiger partial charge in [0.15, 0.2) is 0 Å². The molecule has 0 saturated carbocycles. The molecule has 16 heavy (non-hydrogen) atoms. The van der Waals surface area contributed by atoms with Gasteiger partial charge in [-0.1, -0.05) is 6.42 Å². The summed E-state index contributed by atoms with van der Waals surface area (Å²) in [7, 11) is 0. The number of terminal acetylenes is 1. The van der Waals surface area contributed by atoms with Crippen molar-refractivity contribution in [3.8, 4) is 12.5 Å². The molecule has 1 aliphatic heterocycles. The molecule has 1 amide bonds. The van der Waals surface area contributed by atoms with E-state index in [2.05, 4.69) is 6.11 Å². The maximum atomic E-state index is 11.7. The summed E-state index contributed by atoms with van der Waals surface area (Å²) >= 11 is 0. The molecular formula is C12H19NO3. The van der Waals surface area contributed by atoms with Gasteiger partial charge in [0.2, 0.25) is 0 Å². The van der Waals surface area contributed by atoms with Crippen LogP contribution >= 0.6 is 0 Å². The normalized spacial score (nSPS) is 17.8. The van der Waals surface area contributed by atoms with E-state index in [9.17, 15) is 4.79 Å². The van der Waals surface area contributed by atoms with Gasteiger partial charge in [-0.15, -0.1) is 0 Å². The average Bonchev–Trinajstić information content (AvgIpc) is 2.16. The van der Waals surface area contributed by atoms with E-state index in [1.807, 2.05) is 20.8 Å². The fraction of sp³-hybridized carbons (Fsp3) is 0.750. The Bertz CT molecular complexity index is 280. The molecule has 1 aliphatic rings. The van der Waals surface area contributed by atoms with Crippen molar-refractivity contribution in [3.63, 3.8) is 0 Å². The van der Waals surface area contributed by atoms with Gasteiger partial charge in [0.05, 0.1) is 0 Å². The van der Waals surface area contributed by atoms with Crippen LogP contribution in [0.4, 0.5) is 4.79 Å². The lowest BCUT2D eigenvalue weighted by molar-refractivity contribution is 0.00985. The quantitative estimate of drug-likeness (QED) is 0.641. The largest absolute Gasteiger partial charge is 0.444 e. The van der Waals surface area contributed by atoms with E-state index < -0.39 is 5.60 Å². The van der Waals surface area contributed by atoms with E-state index in [0.717, 1.165) is 12.8 Å². The first-order valence-electron chi connectivity index (χ1n) is 5.51. The number of hydrogen-bond donors (Lipinski definition) is 0. The highest BCUT2D eigenvalue weighted by molar-refractivity contribution is 5.68. The molecule has 4 nitrogen and oxygen atoms in total. The fourth-order valence-electron chi connectivity index (χ4n) is 1.58. The van der Waals surface area contributed by atoms with Gasteiger partial charge in [-0.25, -0.2) is 4.79 Å². The number of rotatable bonds is 1. The molecule has 0 radical (unpaired) electrons. The second-order valence-electron chi connectivity index (χ2n) is 4.90. The zero-order chi connectivity index (χ0) is 12.2. The lowest BCUT2D eigenvalue weighted by atomic mass is 10.1. The van der Waals surface area contributed by atoms with Gasteiger partial charge < -0.3 is 14.4 Å². The molecule has 0 bridgehead atoms. The van der Waals surface area contributed by atoms with Crippen LogP contribution in [0.15, 0.2) is 0 Å². The molecule has 0 unspecified atom stereocenters. The SMILES string of the molecule is C#COC1CCN(C(=O)OC(C)(C)C)CC1. The standard InChI is InChI=1S/C12H19NO3/c1-5-15-10-6-8-13(9-7-10)11(14)16-12(2,3)4/h1,10H,6-9H2,2-4H3. The van der Waals surface area contributed by atoms with Crippen LogP contribution in [0.3, 0.4) is 0 Å². The van der Waals surface area contributed by atoms with Gasteiger partial charge in [0, 0.05) is 25.9 Å². The van der Waals surface area contributed by atoms with E-state index in [1.165, 1.54) is 0 Å². The molecule has 4 heteroatoms. The summed E-state index contributed by atoms with van der Waals surface area (Å²) in [6.07, 6.45) is 8.59. The first kappa shape index (κ1) is 12.7. The third kappa shape index (κ3) is 4.01. The van der Waals surface area contributed by atoms with Crippen LogP contribution < -0.4 is 0 Å². The molecule has 0 N–H and O–H groups in total. The Hall–Kier alpha value is -1.37. The summed E-state index contributed by atoms with van der Waals surface area (Å²) in [5.41, 5.74) is -0.441. The summed E-state index contributed by atoms with van der Waals surface area (Å²) < 4.78 is 10.3. The van der Waals surface area contributed by atoms with E-state index >= 15 is 0 Å². The molecular weight excluding hydrogens is 206 g/mol. The number of carbonyl (C=O) groups is 1. The van der Waals surface area contributed by atoms with Gasteiger partial charge >= 0.3 is 6.09 Å². The Morgan fingerprint density at radius 2 is 1.94 bits per heavy atom. The van der Waals surface area contributed by atoms with Crippen LogP contribution in [0, 0.1) is 12.5 Å². The smallest absolute Gasteiger partial charge is 0.410 e. The van der Waals surface area contributed by atoms with E-state index in [0.29, 0.717) is 13.1 Å². The van der Waals surface area contributed by atoms with Gasteiger partial charge in [0.25, 0.3) is 0 Å². The molecule has 0 atom stereocenters. The summed E-state index contributed by atoms with van der Waals surface area (Å²) in [4.78, 5) is 13.4. The third-order valence-electron chi connectivity index (χ3n) is 2.33. The summed E-state index contributed by atoms with van der Waals surface area (Å²) in [6, 6.07) is 0. The zero-order valence-electron chi connectivity index (χ0n) is 10.2. The van der Waals surface area contributed by atoms with Crippen molar-refractivity contribution in [2.75, 3.05) is 13.1 Å². The van der Waals surface area contributed by atoms with Crippen LogP contribution in [0.1, 0.15) is 33.6 Å². The molecule has 1 saturated heterocycles. The van der Waals surface area contributed by atoms with Gasteiger partial charge in [-0.2, -0.15) is 0 Å². The predicted molar refractivity (Wildman–Crippen MR) is 60.7 cm³/mol. The van der Waals surface area contributed by atoms with Crippen LogP contribution in [-0.4, -0.2) is 35.8 Å². The van der Waals surface area contributed by atoms with Crippen LogP contribution in [-0.2, 0) is 9.47 Å². The molecule has 0 aromatic rings. The van der Waals surface area contributed by atoms with E-state index in [4.69, 9.17) is 15.9 Å². The van der Waals surface area contributed by atoms with Crippen LogP contribution in [0.25, 0.3) is 0 Å².